The van der Waals surface area contributed by atoms with E-state index in [-0.39, 0.29) is 12.4 Å². The summed E-state index contributed by atoms with van der Waals surface area (Å²) in [5.74, 6) is -0.963. The van der Waals surface area contributed by atoms with Gasteiger partial charge in [0, 0.05) is 22.5 Å². The largest absolute Gasteiger partial charge is 0.478 e. The number of benzene rings is 3. The summed E-state index contributed by atoms with van der Waals surface area (Å²) >= 11 is 0. The summed E-state index contributed by atoms with van der Waals surface area (Å²) in [4.78, 5) is 15.5. The van der Waals surface area contributed by atoms with Gasteiger partial charge in [-0.1, -0.05) is 48.5 Å². The summed E-state index contributed by atoms with van der Waals surface area (Å²) in [6, 6.07) is 23.7. The molecule has 0 aliphatic rings. The predicted molar refractivity (Wildman–Crippen MR) is 113 cm³/mol. The average molecular weight is 377 g/mol. The van der Waals surface area contributed by atoms with Gasteiger partial charge in [0.2, 0.25) is 0 Å². The number of pyridine rings is 1. The molecule has 0 atom stereocenters. The lowest BCUT2D eigenvalue weighted by molar-refractivity contribution is -0.131. The lowest BCUT2D eigenvalue weighted by Crippen LogP contribution is -1.95. The van der Waals surface area contributed by atoms with Crippen LogP contribution in [0, 0.1) is 0 Å². The molecule has 2 N–H and O–H groups in total. The van der Waals surface area contributed by atoms with Crippen LogP contribution < -0.4 is 5.32 Å². The number of carboxylic acid groups (broad SMARTS) is 1. The number of hydrogen-bond donors (Lipinski definition) is 2. The van der Waals surface area contributed by atoms with Gasteiger partial charge in [0.15, 0.2) is 0 Å². The fourth-order valence-corrected chi connectivity index (χ4v) is 3.01. The first-order chi connectivity index (χ1) is 12.7. The molecule has 0 saturated heterocycles. The molecule has 134 valence electrons. The van der Waals surface area contributed by atoms with Crippen molar-refractivity contribution in [3.05, 3.63) is 84.4 Å². The first-order valence-corrected chi connectivity index (χ1v) is 8.26. The first-order valence-electron chi connectivity index (χ1n) is 8.26. The van der Waals surface area contributed by atoms with Crippen LogP contribution in [0.25, 0.3) is 27.9 Å². The van der Waals surface area contributed by atoms with Gasteiger partial charge in [-0.05, 0) is 35.9 Å². The molecule has 27 heavy (non-hydrogen) atoms. The SMILES string of the molecule is Cl.O=C(O)/C=C\c1cccc(Nc2c3ccccc3nc3ccccc23)c1. The van der Waals surface area contributed by atoms with E-state index in [4.69, 9.17) is 10.1 Å². The number of para-hydroxylation sites is 2. The summed E-state index contributed by atoms with van der Waals surface area (Å²) in [6.07, 6.45) is 2.71. The van der Waals surface area contributed by atoms with E-state index in [1.165, 1.54) is 0 Å². The fourth-order valence-electron chi connectivity index (χ4n) is 3.01. The Morgan fingerprint density at radius 2 is 1.52 bits per heavy atom. The van der Waals surface area contributed by atoms with Crippen molar-refractivity contribution in [1.82, 2.24) is 4.98 Å². The maximum atomic E-state index is 10.7. The number of carboxylic acids is 1. The van der Waals surface area contributed by atoms with Crippen molar-refractivity contribution in [3.63, 3.8) is 0 Å². The second kappa shape index (κ2) is 7.89. The van der Waals surface area contributed by atoms with Gasteiger partial charge >= 0.3 is 5.97 Å². The molecule has 0 radical (unpaired) electrons. The van der Waals surface area contributed by atoms with Crippen LogP contribution in [0.3, 0.4) is 0 Å². The average Bonchev–Trinajstić information content (AvgIpc) is 2.66. The summed E-state index contributed by atoms with van der Waals surface area (Å²) in [7, 11) is 0. The normalized spacial score (nSPS) is 10.8. The van der Waals surface area contributed by atoms with Gasteiger partial charge in [-0.15, -0.1) is 12.4 Å². The highest BCUT2D eigenvalue weighted by molar-refractivity contribution is 6.08. The molecule has 0 unspecified atom stereocenters. The van der Waals surface area contributed by atoms with Gasteiger partial charge in [0.25, 0.3) is 0 Å². The van der Waals surface area contributed by atoms with Crippen molar-refractivity contribution in [1.29, 1.82) is 0 Å². The Bertz CT molecular complexity index is 1100. The summed E-state index contributed by atoms with van der Waals surface area (Å²) < 4.78 is 0. The zero-order chi connectivity index (χ0) is 17.9. The zero-order valence-corrected chi connectivity index (χ0v) is 15.1. The van der Waals surface area contributed by atoms with Crippen LogP contribution in [0.5, 0.6) is 0 Å². The topological polar surface area (TPSA) is 62.2 Å². The maximum Gasteiger partial charge on any atom is 0.328 e. The minimum Gasteiger partial charge on any atom is -0.478 e. The van der Waals surface area contributed by atoms with Gasteiger partial charge in [0.1, 0.15) is 0 Å². The quantitative estimate of drug-likeness (QED) is 0.357. The van der Waals surface area contributed by atoms with Crippen LogP contribution in [0.1, 0.15) is 5.56 Å². The number of nitrogens with one attached hydrogen (secondary N) is 1. The second-order valence-corrected chi connectivity index (χ2v) is 5.94. The summed E-state index contributed by atoms with van der Waals surface area (Å²) in [6.45, 7) is 0. The van der Waals surface area contributed by atoms with Gasteiger partial charge in [0.05, 0.1) is 16.7 Å². The third-order valence-electron chi connectivity index (χ3n) is 4.16. The molecule has 0 fully saturated rings. The summed E-state index contributed by atoms with van der Waals surface area (Å²) in [5, 5.41) is 14.4. The minimum absolute atomic E-state index is 0. The number of aliphatic carboxylic acids is 1. The van der Waals surface area contributed by atoms with Gasteiger partial charge in [-0.2, -0.15) is 0 Å². The smallest absolute Gasteiger partial charge is 0.328 e. The van der Waals surface area contributed by atoms with Crippen molar-refractivity contribution in [3.8, 4) is 0 Å². The fraction of sp³-hybridized carbons (Fsp3) is 0. The molecule has 0 aliphatic carbocycles. The predicted octanol–water partition coefficient (Wildman–Crippen LogP) is 5.65. The Kier molecular flexibility index (Phi) is 5.38. The Balaban J connectivity index is 0.00000210. The monoisotopic (exact) mass is 376 g/mol. The second-order valence-electron chi connectivity index (χ2n) is 5.94. The standard InChI is InChI=1S/C22H16N2O2.ClH/c25-21(26)13-12-15-6-5-7-16(14-15)23-22-17-8-1-3-10-19(17)24-20-11-4-2-9-18(20)22;/h1-14H,(H,23,24)(H,25,26);1H/b13-12-;. The van der Waals surface area contributed by atoms with Crippen LogP contribution in [-0.4, -0.2) is 16.1 Å². The van der Waals surface area contributed by atoms with Crippen LogP contribution in [0.2, 0.25) is 0 Å². The molecule has 0 bridgehead atoms. The number of hydrogen-bond acceptors (Lipinski definition) is 3. The number of carbonyl (C=O) groups is 1. The Labute approximate surface area is 162 Å². The highest BCUT2D eigenvalue weighted by Gasteiger charge is 2.09. The van der Waals surface area contributed by atoms with Crippen LogP contribution in [0.4, 0.5) is 11.4 Å². The van der Waals surface area contributed by atoms with Gasteiger partial charge < -0.3 is 10.4 Å². The van der Waals surface area contributed by atoms with Crippen molar-refractivity contribution < 1.29 is 9.90 Å². The van der Waals surface area contributed by atoms with E-state index in [2.05, 4.69) is 5.32 Å². The lowest BCUT2D eigenvalue weighted by Gasteiger charge is -2.13. The number of halogens is 1. The van der Waals surface area contributed by atoms with Gasteiger partial charge in [-0.3, -0.25) is 0 Å². The number of anilines is 2. The molecular weight excluding hydrogens is 360 g/mol. The molecule has 0 spiro atoms. The third kappa shape index (κ3) is 3.91. The molecule has 4 nitrogen and oxygen atoms in total. The minimum atomic E-state index is -0.963. The van der Waals surface area contributed by atoms with E-state index < -0.39 is 5.97 Å². The van der Waals surface area contributed by atoms with Crippen LogP contribution in [-0.2, 0) is 4.79 Å². The molecule has 0 amide bonds. The van der Waals surface area contributed by atoms with Crippen molar-refractivity contribution in [2.24, 2.45) is 0 Å². The molecule has 0 saturated carbocycles. The van der Waals surface area contributed by atoms with Crippen molar-refractivity contribution in [2.75, 3.05) is 5.32 Å². The number of fused-ring (bicyclic) bond motifs is 2. The Morgan fingerprint density at radius 3 is 2.15 bits per heavy atom. The molecule has 3 aromatic carbocycles. The van der Waals surface area contributed by atoms with E-state index in [0.717, 1.165) is 44.8 Å². The lowest BCUT2D eigenvalue weighted by atomic mass is 10.1. The van der Waals surface area contributed by atoms with Crippen molar-refractivity contribution >= 4 is 57.6 Å². The molecule has 4 rings (SSSR count). The first kappa shape index (κ1) is 18.4. The maximum absolute atomic E-state index is 10.7. The summed E-state index contributed by atoms with van der Waals surface area (Å²) in [5.41, 5.74) is 4.55. The Hall–Kier alpha value is -3.37. The van der Waals surface area contributed by atoms with Crippen molar-refractivity contribution in [2.45, 2.75) is 0 Å². The Morgan fingerprint density at radius 1 is 0.889 bits per heavy atom. The molecular formula is C22H17ClN2O2. The van der Waals surface area contributed by atoms with E-state index in [0.29, 0.717) is 0 Å². The van der Waals surface area contributed by atoms with Crippen LogP contribution >= 0.6 is 12.4 Å². The zero-order valence-electron chi connectivity index (χ0n) is 14.3. The number of aromatic nitrogens is 1. The molecule has 4 aromatic rings. The third-order valence-corrected chi connectivity index (χ3v) is 4.16. The highest BCUT2D eigenvalue weighted by atomic mass is 35.5. The highest BCUT2D eigenvalue weighted by Crippen LogP contribution is 2.33. The van der Waals surface area contributed by atoms with E-state index in [9.17, 15) is 4.79 Å². The number of nitrogens with zero attached hydrogens (tertiary/aromatic N) is 1. The van der Waals surface area contributed by atoms with E-state index in [1.54, 1.807) is 6.08 Å². The van der Waals surface area contributed by atoms with Gasteiger partial charge in [-0.25, -0.2) is 9.78 Å². The molecule has 0 aliphatic heterocycles. The molecule has 1 heterocycles. The van der Waals surface area contributed by atoms with Crippen LogP contribution in [0.15, 0.2) is 78.9 Å². The van der Waals surface area contributed by atoms with E-state index >= 15 is 0 Å². The molecule has 5 heteroatoms. The molecule has 1 aromatic heterocycles. The van der Waals surface area contributed by atoms with E-state index in [1.807, 2.05) is 72.8 Å². The number of rotatable bonds is 4.